The summed E-state index contributed by atoms with van der Waals surface area (Å²) in [6, 6.07) is -0.549. The van der Waals surface area contributed by atoms with Crippen molar-refractivity contribution in [1.29, 1.82) is 0 Å². The van der Waals surface area contributed by atoms with Crippen LogP contribution in [0.5, 0.6) is 0 Å². The van der Waals surface area contributed by atoms with E-state index in [1.165, 1.54) is 0 Å². The van der Waals surface area contributed by atoms with Crippen molar-refractivity contribution in [3.8, 4) is 0 Å². The highest BCUT2D eigenvalue weighted by Crippen LogP contribution is 2.08. The molecule has 1 atom stereocenters. The normalized spacial score (nSPS) is 21.3. The average molecular weight is 201 g/mol. The Bertz CT molecular complexity index is 256. The molecule has 0 saturated carbocycles. The molecule has 78 valence electrons. The van der Waals surface area contributed by atoms with Crippen molar-refractivity contribution in [2.75, 3.05) is 6.54 Å². The van der Waals surface area contributed by atoms with Crippen LogP contribution in [0.25, 0.3) is 0 Å². The van der Waals surface area contributed by atoms with Gasteiger partial charge >= 0.3 is 17.9 Å². The highest BCUT2D eigenvalue weighted by Gasteiger charge is 2.26. The number of carbonyl (C=O) groups excluding carboxylic acids is 2. The standard InChI is InChI=1S/C8H11NO5/c10-6(11)8(13)14-7(12)5-3-1-2-4-9-5/h5,9H,1-4H2,(H,10,11)/t5-/m0/s1. The minimum absolute atomic E-state index is 0.549. The van der Waals surface area contributed by atoms with Gasteiger partial charge in [-0.1, -0.05) is 6.42 Å². The van der Waals surface area contributed by atoms with Gasteiger partial charge in [-0.25, -0.2) is 14.4 Å². The van der Waals surface area contributed by atoms with Crippen molar-refractivity contribution in [3.63, 3.8) is 0 Å². The van der Waals surface area contributed by atoms with Crippen LogP contribution in [0.2, 0.25) is 0 Å². The van der Waals surface area contributed by atoms with E-state index < -0.39 is 23.9 Å². The summed E-state index contributed by atoms with van der Waals surface area (Å²) in [5.74, 6) is -4.09. The molecule has 0 amide bonds. The van der Waals surface area contributed by atoms with Crippen molar-refractivity contribution < 1.29 is 24.2 Å². The number of aliphatic carboxylic acids is 1. The van der Waals surface area contributed by atoms with Crippen LogP contribution in [-0.2, 0) is 19.1 Å². The molecular weight excluding hydrogens is 190 g/mol. The van der Waals surface area contributed by atoms with Crippen LogP contribution >= 0.6 is 0 Å². The van der Waals surface area contributed by atoms with Crippen LogP contribution in [0.15, 0.2) is 0 Å². The number of nitrogens with one attached hydrogen (secondary N) is 1. The highest BCUT2D eigenvalue weighted by atomic mass is 16.6. The molecule has 1 aliphatic rings. The smallest absolute Gasteiger partial charge is 0.424 e. The zero-order chi connectivity index (χ0) is 10.6. The number of esters is 2. The third-order valence-corrected chi connectivity index (χ3v) is 1.96. The number of carboxylic acid groups (broad SMARTS) is 1. The quantitative estimate of drug-likeness (QED) is 0.330. The molecule has 1 aliphatic heterocycles. The molecule has 0 aromatic heterocycles. The van der Waals surface area contributed by atoms with Crippen molar-refractivity contribution in [3.05, 3.63) is 0 Å². The molecular formula is C8H11NO5. The summed E-state index contributed by atoms with van der Waals surface area (Å²) >= 11 is 0. The minimum atomic E-state index is -1.76. The number of piperidine rings is 1. The summed E-state index contributed by atoms with van der Waals surface area (Å²) in [6.45, 7) is 0.682. The van der Waals surface area contributed by atoms with Crippen molar-refractivity contribution in [1.82, 2.24) is 5.32 Å². The van der Waals surface area contributed by atoms with Crippen molar-refractivity contribution in [2.45, 2.75) is 25.3 Å². The van der Waals surface area contributed by atoms with E-state index in [0.717, 1.165) is 12.8 Å². The van der Waals surface area contributed by atoms with E-state index in [0.29, 0.717) is 13.0 Å². The monoisotopic (exact) mass is 201 g/mol. The first kappa shape index (κ1) is 10.6. The maximum absolute atomic E-state index is 11.1. The predicted molar refractivity (Wildman–Crippen MR) is 44.4 cm³/mol. The first-order chi connectivity index (χ1) is 6.61. The Morgan fingerprint density at radius 3 is 2.50 bits per heavy atom. The maximum atomic E-state index is 11.1. The van der Waals surface area contributed by atoms with E-state index in [4.69, 9.17) is 5.11 Å². The number of hydrogen-bond donors (Lipinski definition) is 2. The van der Waals surface area contributed by atoms with Crippen LogP contribution < -0.4 is 5.32 Å². The van der Waals surface area contributed by atoms with Gasteiger partial charge in [0.2, 0.25) is 0 Å². The van der Waals surface area contributed by atoms with Crippen LogP contribution in [-0.4, -0.2) is 35.6 Å². The largest absolute Gasteiger partial charge is 0.473 e. The van der Waals surface area contributed by atoms with Crippen LogP contribution in [0.4, 0.5) is 0 Å². The Balaban J connectivity index is 2.40. The van der Waals surface area contributed by atoms with Gasteiger partial charge in [0.25, 0.3) is 0 Å². The van der Waals surface area contributed by atoms with Gasteiger partial charge in [-0.3, -0.25) is 0 Å². The molecule has 0 unspecified atom stereocenters. The van der Waals surface area contributed by atoms with Gasteiger partial charge in [-0.05, 0) is 19.4 Å². The fraction of sp³-hybridized carbons (Fsp3) is 0.625. The second-order valence-electron chi connectivity index (χ2n) is 3.02. The Hall–Kier alpha value is -1.43. The van der Waals surface area contributed by atoms with Crippen LogP contribution in [0.3, 0.4) is 0 Å². The van der Waals surface area contributed by atoms with E-state index in [1.54, 1.807) is 0 Å². The van der Waals surface area contributed by atoms with E-state index in [1.807, 2.05) is 0 Å². The molecule has 0 aromatic rings. The molecule has 0 radical (unpaired) electrons. The summed E-state index contributed by atoms with van der Waals surface area (Å²) in [5, 5.41) is 11.0. The Morgan fingerprint density at radius 2 is 2.00 bits per heavy atom. The fourth-order valence-corrected chi connectivity index (χ4v) is 1.26. The van der Waals surface area contributed by atoms with Gasteiger partial charge < -0.3 is 15.2 Å². The number of carbonyl (C=O) groups is 3. The van der Waals surface area contributed by atoms with E-state index in [-0.39, 0.29) is 0 Å². The molecule has 1 fully saturated rings. The molecule has 6 heteroatoms. The van der Waals surface area contributed by atoms with Gasteiger partial charge in [0.1, 0.15) is 6.04 Å². The van der Waals surface area contributed by atoms with Crippen molar-refractivity contribution >= 4 is 17.9 Å². The molecule has 2 N–H and O–H groups in total. The summed E-state index contributed by atoms with van der Waals surface area (Å²) in [6.07, 6.45) is 2.41. The lowest BCUT2D eigenvalue weighted by Crippen LogP contribution is -2.42. The molecule has 1 rings (SSSR count). The third-order valence-electron chi connectivity index (χ3n) is 1.96. The second-order valence-corrected chi connectivity index (χ2v) is 3.02. The van der Waals surface area contributed by atoms with Gasteiger partial charge in [0.05, 0.1) is 0 Å². The highest BCUT2D eigenvalue weighted by molar-refractivity contribution is 6.30. The first-order valence-electron chi connectivity index (χ1n) is 4.33. The molecule has 1 heterocycles. The molecule has 0 bridgehead atoms. The number of hydrogen-bond acceptors (Lipinski definition) is 5. The zero-order valence-electron chi connectivity index (χ0n) is 7.49. The average Bonchev–Trinajstić information content (AvgIpc) is 2.19. The number of rotatable bonds is 1. The summed E-state index contributed by atoms with van der Waals surface area (Å²) < 4.78 is 4.11. The molecule has 0 aromatic carbocycles. The van der Waals surface area contributed by atoms with Gasteiger partial charge in [-0.15, -0.1) is 0 Å². The van der Waals surface area contributed by atoms with Crippen LogP contribution in [0, 0.1) is 0 Å². The molecule has 1 saturated heterocycles. The summed E-state index contributed by atoms with van der Waals surface area (Å²) in [4.78, 5) is 31.7. The molecule has 0 aliphatic carbocycles. The van der Waals surface area contributed by atoms with E-state index >= 15 is 0 Å². The molecule has 0 spiro atoms. The zero-order valence-corrected chi connectivity index (χ0v) is 7.49. The molecule has 14 heavy (non-hydrogen) atoms. The maximum Gasteiger partial charge on any atom is 0.424 e. The topological polar surface area (TPSA) is 92.7 Å². The lowest BCUT2D eigenvalue weighted by Gasteiger charge is -2.20. The number of ether oxygens (including phenoxy) is 1. The SMILES string of the molecule is O=C(O)C(=O)OC(=O)[C@@H]1CCCCN1. The van der Waals surface area contributed by atoms with E-state index in [9.17, 15) is 14.4 Å². The van der Waals surface area contributed by atoms with Gasteiger partial charge in [-0.2, -0.15) is 0 Å². The van der Waals surface area contributed by atoms with E-state index in [2.05, 4.69) is 10.1 Å². The van der Waals surface area contributed by atoms with Crippen molar-refractivity contribution in [2.24, 2.45) is 0 Å². The minimum Gasteiger partial charge on any atom is -0.473 e. The lowest BCUT2D eigenvalue weighted by atomic mass is 10.1. The molecule has 6 nitrogen and oxygen atoms in total. The third kappa shape index (κ3) is 2.81. The predicted octanol–water partition coefficient (Wildman–Crippen LogP) is -0.717. The van der Waals surface area contributed by atoms with Gasteiger partial charge in [0.15, 0.2) is 0 Å². The Labute approximate surface area is 80.2 Å². The summed E-state index contributed by atoms with van der Waals surface area (Å²) in [5.41, 5.74) is 0. The summed E-state index contributed by atoms with van der Waals surface area (Å²) in [7, 11) is 0. The second kappa shape index (κ2) is 4.71. The Kier molecular flexibility index (Phi) is 3.58. The first-order valence-corrected chi connectivity index (χ1v) is 4.33. The van der Waals surface area contributed by atoms with Gasteiger partial charge in [0, 0.05) is 0 Å². The van der Waals surface area contributed by atoms with Crippen LogP contribution in [0.1, 0.15) is 19.3 Å². The fourth-order valence-electron chi connectivity index (χ4n) is 1.26. The number of carboxylic acids is 1. The lowest BCUT2D eigenvalue weighted by molar-refractivity contribution is -0.171. The Morgan fingerprint density at radius 1 is 1.29 bits per heavy atom.